The zero-order valence-corrected chi connectivity index (χ0v) is 13.9. The molecule has 1 aliphatic rings. The fourth-order valence-electron chi connectivity index (χ4n) is 3.61. The lowest BCUT2D eigenvalue weighted by Gasteiger charge is -2.42. The summed E-state index contributed by atoms with van der Waals surface area (Å²) in [5, 5.41) is 3.26. The quantitative estimate of drug-likeness (QED) is 0.752. The molecule has 0 saturated heterocycles. The summed E-state index contributed by atoms with van der Waals surface area (Å²) in [6, 6.07) is 0.981. The van der Waals surface area contributed by atoms with Crippen molar-refractivity contribution in [3.63, 3.8) is 0 Å². The van der Waals surface area contributed by atoms with E-state index in [1.807, 2.05) is 13.8 Å². The number of amides is 1. The third-order valence-corrected chi connectivity index (χ3v) is 5.10. The highest BCUT2D eigenvalue weighted by atomic mass is 16.1. The standard InChI is InChI=1S/C16H33N3O/c1-6-18-16(4,15(17)20)11-13(3)19(5)14-10-8-7-9-12(14)2/h12-14,18H,6-11H2,1-5H3,(H2,17,20). The van der Waals surface area contributed by atoms with E-state index in [4.69, 9.17) is 5.73 Å². The van der Waals surface area contributed by atoms with Crippen LogP contribution in [-0.4, -0.2) is 42.0 Å². The Morgan fingerprint density at radius 1 is 1.45 bits per heavy atom. The monoisotopic (exact) mass is 283 g/mol. The Balaban J connectivity index is 2.67. The van der Waals surface area contributed by atoms with Gasteiger partial charge in [0.25, 0.3) is 0 Å². The number of primary amides is 1. The predicted octanol–water partition coefficient (Wildman–Crippen LogP) is 2.13. The number of rotatable bonds is 7. The van der Waals surface area contributed by atoms with E-state index in [0.29, 0.717) is 12.1 Å². The number of nitrogens with two attached hydrogens (primary N) is 1. The fraction of sp³-hybridized carbons (Fsp3) is 0.938. The lowest BCUT2D eigenvalue weighted by molar-refractivity contribution is -0.124. The number of hydrogen-bond donors (Lipinski definition) is 2. The lowest BCUT2D eigenvalue weighted by Crippen LogP contribution is -2.57. The van der Waals surface area contributed by atoms with Crippen molar-refractivity contribution in [2.75, 3.05) is 13.6 Å². The van der Waals surface area contributed by atoms with Crippen molar-refractivity contribution in [1.29, 1.82) is 0 Å². The minimum absolute atomic E-state index is 0.253. The third kappa shape index (κ3) is 4.19. The molecule has 4 heteroatoms. The second-order valence-corrected chi connectivity index (χ2v) is 6.77. The van der Waals surface area contributed by atoms with E-state index in [1.165, 1.54) is 25.7 Å². The van der Waals surface area contributed by atoms with Crippen molar-refractivity contribution < 1.29 is 4.79 Å². The Bertz CT molecular complexity index is 321. The van der Waals surface area contributed by atoms with Gasteiger partial charge in [0.15, 0.2) is 0 Å². The smallest absolute Gasteiger partial charge is 0.237 e. The minimum Gasteiger partial charge on any atom is -0.368 e. The second kappa shape index (κ2) is 7.41. The first-order chi connectivity index (χ1) is 9.31. The molecule has 1 saturated carbocycles. The molecule has 0 aromatic carbocycles. The van der Waals surface area contributed by atoms with Crippen LogP contribution in [0.1, 0.15) is 59.8 Å². The van der Waals surface area contributed by atoms with Gasteiger partial charge in [0, 0.05) is 12.1 Å². The highest BCUT2D eigenvalue weighted by molar-refractivity contribution is 5.84. The van der Waals surface area contributed by atoms with E-state index in [-0.39, 0.29) is 5.91 Å². The molecule has 1 rings (SSSR count). The molecular formula is C16H33N3O. The van der Waals surface area contributed by atoms with E-state index in [2.05, 4.69) is 31.1 Å². The second-order valence-electron chi connectivity index (χ2n) is 6.77. The first-order valence-corrected chi connectivity index (χ1v) is 8.08. The summed E-state index contributed by atoms with van der Waals surface area (Å²) >= 11 is 0. The Morgan fingerprint density at radius 3 is 2.55 bits per heavy atom. The minimum atomic E-state index is -0.611. The topological polar surface area (TPSA) is 58.4 Å². The van der Waals surface area contributed by atoms with Gasteiger partial charge in [0.2, 0.25) is 5.91 Å². The van der Waals surface area contributed by atoms with Crippen LogP contribution in [0.3, 0.4) is 0 Å². The molecule has 4 atom stereocenters. The van der Waals surface area contributed by atoms with Gasteiger partial charge in [0.05, 0.1) is 5.54 Å². The molecule has 0 aliphatic heterocycles. The summed E-state index contributed by atoms with van der Waals surface area (Å²) in [5.74, 6) is 0.492. The van der Waals surface area contributed by atoms with E-state index >= 15 is 0 Å². The van der Waals surface area contributed by atoms with Crippen molar-refractivity contribution in [3.8, 4) is 0 Å². The maximum atomic E-state index is 11.8. The molecule has 4 unspecified atom stereocenters. The van der Waals surface area contributed by atoms with E-state index in [1.54, 1.807) is 0 Å². The van der Waals surface area contributed by atoms with Crippen LogP contribution in [0.25, 0.3) is 0 Å². The van der Waals surface area contributed by atoms with Crippen molar-refractivity contribution in [2.24, 2.45) is 11.7 Å². The van der Waals surface area contributed by atoms with Gasteiger partial charge in [-0.3, -0.25) is 4.79 Å². The van der Waals surface area contributed by atoms with Crippen LogP contribution in [0.15, 0.2) is 0 Å². The zero-order chi connectivity index (χ0) is 15.3. The number of carbonyl (C=O) groups excluding carboxylic acids is 1. The lowest BCUT2D eigenvalue weighted by atomic mass is 9.83. The molecule has 118 valence electrons. The van der Waals surface area contributed by atoms with Crippen LogP contribution in [0.2, 0.25) is 0 Å². The number of carbonyl (C=O) groups is 1. The third-order valence-electron chi connectivity index (χ3n) is 5.10. The Labute approximate surface area is 124 Å². The Hall–Kier alpha value is -0.610. The molecule has 0 aromatic heterocycles. The van der Waals surface area contributed by atoms with Crippen molar-refractivity contribution in [3.05, 3.63) is 0 Å². The highest BCUT2D eigenvalue weighted by Gasteiger charge is 2.35. The maximum Gasteiger partial charge on any atom is 0.237 e. The van der Waals surface area contributed by atoms with E-state index < -0.39 is 5.54 Å². The molecule has 0 spiro atoms. The zero-order valence-electron chi connectivity index (χ0n) is 13.9. The molecule has 0 heterocycles. The maximum absolute atomic E-state index is 11.8. The van der Waals surface area contributed by atoms with Crippen LogP contribution in [0, 0.1) is 5.92 Å². The van der Waals surface area contributed by atoms with Crippen molar-refractivity contribution in [1.82, 2.24) is 10.2 Å². The van der Waals surface area contributed by atoms with Crippen LogP contribution >= 0.6 is 0 Å². The molecule has 0 aromatic rings. The number of hydrogen-bond acceptors (Lipinski definition) is 3. The molecule has 0 bridgehead atoms. The number of nitrogens with zero attached hydrogens (tertiary/aromatic N) is 1. The van der Waals surface area contributed by atoms with Crippen LogP contribution in [0.4, 0.5) is 0 Å². The van der Waals surface area contributed by atoms with Gasteiger partial charge in [-0.05, 0) is 52.6 Å². The van der Waals surface area contributed by atoms with Gasteiger partial charge in [-0.15, -0.1) is 0 Å². The van der Waals surface area contributed by atoms with Gasteiger partial charge >= 0.3 is 0 Å². The van der Waals surface area contributed by atoms with Gasteiger partial charge < -0.3 is 16.0 Å². The molecule has 3 N–H and O–H groups in total. The first-order valence-electron chi connectivity index (χ1n) is 8.08. The Kier molecular flexibility index (Phi) is 6.46. The SMILES string of the molecule is CCNC(C)(CC(C)N(C)C1CCCCC1C)C(N)=O. The van der Waals surface area contributed by atoms with Gasteiger partial charge in [-0.1, -0.05) is 26.7 Å². The summed E-state index contributed by atoms with van der Waals surface area (Å²) in [6.45, 7) is 9.26. The summed E-state index contributed by atoms with van der Waals surface area (Å²) in [5.41, 5.74) is 4.98. The molecule has 1 amide bonds. The average molecular weight is 283 g/mol. The first kappa shape index (κ1) is 17.4. The van der Waals surface area contributed by atoms with Crippen LogP contribution in [0.5, 0.6) is 0 Å². The van der Waals surface area contributed by atoms with Gasteiger partial charge in [0.1, 0.15) is 0 Å². The van der Waals surface area contributed by atoms with Crippen LogP contribution < -0.4 is 11.1 Å². The predicted molar refractivity (Wildman–Crippen MR) is 84.5 cm³/mol. The average Bonchev–Trinajstić information content (AvgIpc) is 2.38. The normalized spacial score (nSPS) is 28.1. The molecule has 4 nitrogen and oxygen atoms in total. The summed E-state index contributed by atoms with van der Waals surface area (Å²) in [4.78, 5) is 14.2. The summed E-state index contributed by atoms with van der Waals surface area (Å²) in [6.07, 6.45) is 6.04. The number of likely N-dealkylation sites (N-methyl/N-ethyl adjacent to an activating group) is 1. The highest BCUT2D eigenvalue weighted by Crippen LogP contribution is 2.29. The van der Waals surface area contributed by atoms with Crippen molar-refractivity contribution in [2.45, 2.75) is 77.4 Å². The molecule has 20 heavy (non-hydrogen) atoms. The Morgan fingerprint density at radius 2 is 2.05 bits per heavy atom. The summed E-state index contributed by atoms with van der Waals surface area (Å²) in [7, 11) is 2.20. The van der Waals surface area contributed by atoms with E-state index in [0.717, 1.165) is 18.9 Å². The van der Waals surface area contributed by atoms with Crippen LogP contribution in [-0.2, 0) is 4.79 Å². The largest absolute Gasteiger partial charge is 0.368 e. The fourth-order valence-corrected chi connectivity index (χ4v) is 3.61. The van der Waals surface area contributed by atoms with Crippen molar-refractivity contribution >= 4 is 5.91 Å². The molecular weight excluding hydrogens is 250 g/mol. The molecule has 1 aliphatic carbocycles. The molecule has 1 fully saturated rings. The summed E-state index contributed by atoms with van der Waals surface area (Å²) < 4.78 is 0. The van der Waals surface area contributed by atoms with Gasteiger partial charge in [-0.25, -0.2) is 0 Å². The number of nitrogens with one attached hydrogen (secondary N) is 1. The van der Waals surface area contributed by atoms with Gasteiger partial charge in [-0.2, -0.15) is 0 Å². The molecule has 0 radical (unpaired) electrons. The van der Waals surface area contributed by atoms with E-state index in [9.17, 15) is 4.79 Å².